The predicted molar refractivity (Wildman–Crippen MR) is 106 cm³/mol. The molecular weight excluding hydrogens is 340 g/mol. The van der Waals surface area contributed by atoms with E-state index in [4.69, 9.17) is 0 Å². The Labute approximate surface area is 162 Å². The van der Waals surface area contributed by atoms with Gasteiger partial charge in [0.1, 0.15) is 0 Å². The quantitative estimate of drug-likeness (QED) is 0.772. The summed E-state index contributed by atoms with van der Waals surface area (Å²) >= 11 is 0. The number of nitrogens with zero attached hydrogens (tertiary/aromatic N) is 2. The lowest BCUT2D eigenvalue weighted by Gasteiger charge is -2.30. The third kappa shape index (κ3) is 5.96. The molecule has 3 amide bonds. The summed E-state index contributed by atoms with van der Waals surface area (Å²) in [6.45, 7) is 7.38. The topological polar surface area (TPSA) is 64.7 Å². The average molecular weight is 373 g/mol. The molecule has 0 spiro atoms. The van der Waals surface area contributed by atoms with E-state index in [2.05, 4.69) is 22.5 Å². The minimum absolute atomic E-state index is 0.166. The maximum absolute atomic E-state index is 12.4. The standard InChI is InChI=1S/C21H32N4O2/c1-17-9-13-24(14-10-17)15-11-22-21(27)23-19(18-6-3-2-4-7-18)16-25-12-5-8-20(25)26/h2-4,6-7,17,19H,5,8-16H2,1H3,(H2,22,23,27). The third-order valence-corrected chi connectivity index (χ3v) is 5.67. The number of hydrogen-bond acceptors (Lipinski definition) is 3. The normalized spacial score (nSPS) is 19.9. The highest BCUT2D eigenvalue weighted by molar-refractivity contribution is 5.78. The molecule has 2 saturated heterocycles. The number of benzene rings is 1. The molecule has 0 saturated carbocycles. The van der Waals surface area contributed by atoms with Crippen LogP contribution >= 0.6 is 0 Å². The van der Waals surface area contributed by atoms with Crippen LogP contribution in [-0.2, 0) is 4.79 Å². The van der Waals surface area contributed by atoms with E-state index in [-0.39, 0.29) is 18.0 Å². The molecule has 2 N–H and O–H groups in total. The molecule has 2 aliphatic heterocycles. The molecular formula is C21H32N4O2. The average Bonchev–Trinajstić information content (AvgIpc) is 3.08. The van der Waals surface area contributed by atoms with Crippen molar-refractivity contribution in [2.75, 3.05) is 39.3 Å². The fraction of sp³-hybridized carbons (Fsp3) is 0.619. The number of hydrogen-bond donors (Lipinski definition) is 2. The van der Waals surface area contributed by atoms with Crippen LogP contribution in [0.5, 0.6) is 0 Å². The van der Waals surface area contributed by atoms with Crippen LogP contribution < -0.4 is 10.6 Å². The summed E-state index contributed by atoms with van der Waals surface area (Å²) in [5.74, 6) is 0.995. The van der Waals surface area contributed by atoms with Gasteiger partial charge < -0.3 is 20.4 Å². The SMILES string of the molecule is CC1CCN(CCNC(=O)NC(CN2CCCC2=O)c2ccccc2)CC1. The molecule has 27 heavy (non-hydrogen) atoms. The van der Waals surface area contributed by atoms with E-state index >= 15 is 0 Å². The van der Waals surface area contributed by atoms with Crippen molar-refractivity contribution < 1.29 is 9.59 Å². The van der Waals surface area contributed by atoms with Crippen molar-refractivity contribution in [1.82, 2.24) is 20.4 Å². The lowest BCUT2D eigenvalue weighted by atomic mass is 9.99. The minimum atomic E-state index is -0.191. The Kier molecular flexibility index (Phi) is 7.10. The number of likely N-dealkylation sites (tertiary alicyclic amines) is 2. The Balaban J connectivity index is 1.49. The summed E-state index contributed by atoms with van der Waals surface area (Å²) in [4.78, 5) is 28.7. The van der Waals surface area contributed by atoms with Crippen LogP contribution in [0.3, 0.4) is 0 Å². The van der Waals surface area contributed by atoms with E-state index in [1.165, 1.54) is 12.8 Å². The molecule has 1 aromatic carbocycles. The molecule has 6 heteroatoms. The Morgan fingerprint density at radius 3 is 2.59 bits per heavy atom. The first kappa shape index (κ1) is 19.7. The van der Waals surface area contributed by atoms with Crippen molar-refractivity contribution in [2.24, 2.45) is 5.92 Å². The van der Waals surface area contributed by atoms with Crippen LogP contribution in [0.1, 0.15) is 44.2 Å². The number of rotatable bonds is 7. The first-order chi connectivity index (χ1) is 13.1. The number of carbonyl (C=O) groups is 2. The number of amides is 3. The van der Waals surface area contributed by atoms with Crippen LogP contribution in [-0.4, -0.2) is 61.0 Å². The van der Waals surface area contributed by atoms with Gasteiger partial charge in [-0.15, -0.1) is 0 Å². The fourth-order valence-corrected chi connectivity index (χ4v) is 3.86. The van der Waals surface area contributed by atoms with Crippen LogP contribution in [0, 0.1) is 5.92 Å². The summed E-state index contributed by atoms with van der Waals surface area (Å²) < 4.78 is 0. The Morgan fingerprint density at radius 1 is 1.19 bits per heavy atom. The van der Waals surface area contributed by atoms with Crippen LogP contribution in [0.2, 0.25) is 0 Å². The molecule has 0 bridgehead atoms. The van der Waals surface area contributed by atoms with Crippen molar-refractivity contribution in [3.8, 4) is 0 Å². The zero-order valence-electron chi connectivity index (χ0n) is 16.3. The third-order valence-electron chi connectivity index (χ3n) is 5.67. The maximum atomic E-state index is 12.4. The highest BCUT2D eigenvalue weighted by Gasteiger charge is 2.25. The lowest BCUT2D eigenvalue weighted by Crippen LogP contribution is -2.45. The molecule has 6 nitrogen and oxygen atoms in total. The van der Waals surface area contributed by atoms with Gasteiger partial charge in [-0.05, 0) is 43.8 Å². The first-order valence-corrected chi connectivity index (χ1v) is 10.2. The lowest BCUT2D eigenvalue weighted by molar-refractivity contribution is -0.128. The maximum Gasteiger partial charge on any atom is 0.315 e. The van der Waals surface area contributed by atoms with Crippen molar-refractivity contribution in [1.29, 1.82) is 0 Å². The van der Waals surface area contributed by atoms with E-state index in [1.54, 1.807) is 0 Å². The van der Waals surface area contributed by atoms with E-state index in [0.29, 0.717) is 19.5 Å². The van der Waals surface area contributed by atoms with Gasteiger partial charge in [-0.3, -0.25) is 4.79 Å². The summed E-state index contributed by atoms with van der Waals surface area (Å²) in [7, 11) is 0. The highest BCUT2D eigenvalue weighted by atomic mass is 16.2. The molecule has 148 valence electrons. The fourth-order valence-electron chi connectivity index (χ4n) is 3.86. The van der Waals surface area contributed by atoms with Crippen molar-refractivity contribution in [3.05, 3.63) is 35.9 Å². The van der Waals surface area contributed by atoms with E-state index in [1.807, 2.05) is 35.2 Å². The second-order valence-corrected chi connectivity index (χ2v) is 7.83. The van der Waals surface area contributed by atoms with Gasteiger partial charge in [-0.2, -0.15) is 0 Å². The van der Waals surface area contributed by atoms with Gasteiger partial charge in [0.15, 0.2) is 0 Å². The monoisotopic (exact) mass is 372 g/mol. The summed E-state index contributed by atoms with van der Waals surface area (Å²) in [6.07, 6.45) is 4.00. The molecule has 3 rings (SSSR count). The molecule has 2 fully saturated rings. The zero-order chi connectivity index (χ0) is 19.1. The van der Waals surface area contributed by atoms with Gasteiger partial charge in [0.05, 0.1) is 6.04 Å². The number of nitrogens with one attached hydrogen (secondary N) is 2. The van der Waals surface area contributed by atoms with Gasteiger partial charge in [-0.1, -0.05) is 37.3 Å². The van der Waals surface area contributed by atoms with Gasteiger partial charge in [0.2, 0.25) is 5.91 Å². The van der Waals surface area contributed by atoms with Crippen molar-refractivity contribution >= 4 is 11.9 Å². The number of urea groups is 1. The zero-order valence-corrected chi connectivity index (χ0v) is 16.3. The molecule has 1 atom stereocenters. The summed E-state index contributed by atoms with van der Waals surface area (Å²) in [5.41, 5.74) is 1.03. The highest BCUT2D eigenvalue weighted by Crippen LogP contribution is 2.18. The molecule has 1 unspecified atom stereocenters. The largest absolute Gasteiger partial charge is 0.340 e. The minimum Gasteiger partial charge on any atom is -0.340 e. The molecule has 0 radical (unpaired) electrons. The molecule has 0 aromatic heterocycles. The number of piperidine rings is 1. The Bertz CT molecular complexity index is 614. The van der Waals surface area contributed by atoms with Gasteiger partial charge >= 0.3 is 6.03 Å². The van der Waals surface area contributed by atoms with Gasteiger partial charge in [0, 0.05) is 32.6 Å². The predicted octanol–water partition coefficient (Wildman–Crippen LogP) is 2.38. The van der Waals surface area contributed by atoms with E-state index in [9.17, 15) is 9.59 Å². The summed E-state index contributed by atoms with van der Waals surface area (Å²) in [5, 5.41) is 6.05. The second-order valence-electron chi connectivity index (χ2n) is 7.83. The smallest absolute Gasteiger partial charge is 0.315 e. The Hall–Kier alpha value is -2.08. The van der Waals surface area contributed by atoms with Gasteiger partial charge in [0.25, 0.3) is 0 Å². The van der Waals surface area contributed by atoms with E-state index < -0.39 is 0 Å². The molecule has 2 heterocycles. The van der Waals surface area contributed by atoms with Crippen LogP contribution in [0.25, 0.3) is 0 Å². The van der Waals surface area contributed by atoms with Crippen molar-refractivity contribution in [3.63, 3.8) is 0 Å². The first-order valence-electron chi connectivity index (χ1n) is 10.2. The van der Waals surface area contributed by atoms with E-state index in [0.717, 1.165) is 44.1 Å². The van der Waals surface area contributed by atoms with Crippen LogP contribution in [0.4, 0.5) is 4.79 Å². The summed E-state index contributed by atoms with van der Waals surface area (Å²) in [6, 6.07) is 9.53. The second kappa shape index (κ2) is 9.74. The number of carbonyl (C=O) groups excluding carboxylic acids is 2. The molecule has 1 aromatic rings. The van der Waals surface area contributed by atoms with Gasteiger partial charge in [-0.25, -0.2) is 4.79 Å². The van der Waals surface area contributed by atoms with Crippen LogP contribution in [0.15, 0.2) is 30.3 Å². The Morgan fingerprint density at radius 2 is 1.93 bits per heavy atom. The molecule has 2 aliphatic rings. The molecule has 0 aliphatic carbocycles. The van der Waals surface area contributed by atoms with Crippen molar-refractivity contribution in [2.45, 2.75) is 38.6 Å².